The van der Waals surface area contributed by atoms with Gasteiger partial charge in [-0.25, -0.2) is 4.79 Å². The summed E-state index contributed by atoms with van der Waals surface area (Å²) in [5, 5.41) is 11.0. The Morgan fingerprint density at radius 2 is 1.75 bits per heavy atom. The minimum Gasteiger partial charge on any atom is -0.465 e. The maximum atomic E-state index is 13.5. The Morgan fingerprint density at radius 3 is 2.31 bits per heavy atom. The van der Waals surface area contributed by atoms with Crippen LogP contribution in [0.1, 0.15) is 17.2 Å². The standard InChI is InChI=1S/C23H15Cl2N3O3S/c1-31-23(30)18-19(27)16(11-26)20(13-4-8-15(25)9-5-13)28-21(29)17(32-22(18)28)10-12-2-6-14(24)7-3-12/h2-10,20H,27H2,1H3/b17-10+. The third-order valence-electron chi connectivity index (χ3n) is 5.02. The van der Waals surface area contributed by atoms with Crippen LogP contribution in [0.3, 0.4) is 0 Å². The third-order valence-corrected chi connectivity index (χ3v) is 6.63. The lowest BCUT2D eigenvalue weighted by molar-refractivity contribution is -0.133. The average Bonchev–Trinajstić information content (AvgIpc) is 3.10. The molecule has 0 fully saturated rings. The SMILES string of the molecule is COC(=O)C1=c2s/c(=C/c3ccc(Cl)cc3)c(=O)n2C(c2ccc(Cl)cc2)C(C#N)=C1N. The van der Waals surface area contributed by atoms with E-state index in [9.17, 15) is 14.9 Å². The van der Waals surface area contributed by atoms with E-state index in [1.165, 1.54) is 11.7 Å². The first-order valence-corrected chi connectivity index (χ1v) is 10.9. The molecule has 0 saturated heterocycles. The van der Waals surface area contributed by atoms with Gasteiger partial charge in [-0.3, -0.25) is 9.36 Å². The van der Waals surface area contributed by atoms with Crippen molar-refractivity contribution in [3.05, 3.63) is 101 Å². The number of fused-ring (bicyclic) bond motifs is 1. The normalized spacial score (nSPS) is 16.0. The van der Waals surface area contributed by atoms with Crippen molar-refractivity contribution in [2.24, 2.45) is 5.73 Å². The zero-order chi connectivity index (χ0) is 23.0. The summed E-state index contributed by atoms with van der Waals surface area (Å²) >= 11 is 13.1. The first kappa shape index (κ1) is 21.9. The lowest BCUT2D eigenvalue weighted by Gasteiger charge is -2.24. The van der Waals surface area contributed by atoms with Crippen LogP contribution in [-0.4, -0.2) is 17.6 Å². The molecule has 2 N–H and O–H groups in total. The lowest BCUT2D eigenvalue weighted by Crippen LogP contribution is -2.41. The van der Waals surface area contributed by atoms with Gasteiger partial charge in [-0.2, -0.15) is 5.26 Å². The summed E-state index contributed by atoms with van der Waals surface area (Å²) < 4.78 is 7.00. The second kappa shape index (κ2) is 8.67. The molecule has 0 amide bonds. The number of nitrogens with two attached hydrogens (primary N) is 1. The number of esters is 1. The Balaban J connectivity index is 2.09. The maximum absolute atomic E-state index is 13.5. The molecule has 1 aromatic heterocycles. The highest BCUT2D eigenvalue weighted by atomic mass is 35.5. The third kappa shape index (κ3) is 3.73. The molecule has 3 aromatic rings. The van der Waals surface area contributed by atoms with Crippen LogP contribution in [0.2, 0.25) is 10.0 Å². The van der Waals surface area contributed by atoms with Crippen molar-refractivity contribution in [2.75, 3.05) is 7.11 Å². The molecule has 1 aliphatic rings. The topological polar surface area (TPSA) is 98.1 Å². The molecule has 0 spiro atoms. The van der Waals surface area contributed by atoms with Crippen LogP contribution < -0.4 is 20.5 Å². The minimum atomic E-state index is -0.809. The molecule has 2 aromatic carbocycles. The van der Waals surface area contributed by atoms with E-state index in [-0.39, 0.29) is 22.4 Å². The summed E-state index contributed by atoms with van der Waals surface area (Å²) in [5.41, 5.74) is 7.37. The Labute approximate surface area is 196 Å². The fourth-order valence-electron chi connectivity index (χ4n) is 3.52. The molecular formula is C23H15Cl2N3O3S. The number of carbonyl (C=O) groups excluding carboxylic acids is 1. The number of carbonyl (C=O) groups is 1. The van der Waals surface area contributed by atoms with Gasteiger partial charge in [0.25, 0.3) is 5.56 Å². The van der Waals surface area contributed by atoms with Crippen molar-refractivity contribution in [2.45, 2.75) is 6.04 Å². The number of hydrogen-bond donors (Lipinski definition) is 1. The number of nitrogens with zero attached hydrogens (tertiary/aromatic N) is 2. The number of nitriles is 1. The van der Waals surface area contributed by atoms with E-state index in [0.717, 1.165) is 16.9 Å². The molecule has 1 atom stereocenters. The van der Waals surface area contributed by atoms with Crippen LogP contribution in [0.4, 0.5) is 0 Å². The number of halogens is 2. The molecule has 32 heavy (non-hydrogen) atoms. The minimum absolute atomic E-state index is 0.00730. The quantitative estimate of drug-likeness (QED) is 0.577. The molecule has 6 nitrogen and oxygen atoms in total. The van der Waals surface area contributed by atoms with Crippen LogP contribution >= 0.6 is 34.5 Å². The first-order valence-electron chi connectivity index (χ1n) is 9.32. The number of ether oxygens (including phenoxy) is 1. The van der Waals surface area contributed by atoms with Gasteiger partial charge in [0.1, 0.15) is 16.3 Å². The van der Waals surface area contributed by atoms with Gasteiger partial charge < -0.3 is 10.5 Å². The molecule has 0 bridgehead atoms. The van der Waals surface area contributed by atoms with Gasteiger partial charge in [0.15, 0.2) is 0 Å². The summed E-state index contributed by atoms with van der Waals surface area (Å²) in [5.74, 6) is -0.724. The monoisotopic (exact) mass is 483 g/mol. The highest BCUT2D eigenvalue weighted by molar-refractivity contribution is 7.07. The molecule has 1 unspecified atom stereocenters. The van der Waals surface area contributed by atoms with E-state index in [1.54, 1.807) is 54.6 Å². The Morgan fingerprint density at radius 1 is 1.16 bits per heavy atom. The summed E-state index contributed by atoms with van der Waals surface area (Å²) in [7, 11) is 1.22. The molecule has 2 heterocycles. The second-order valence-electron chi connectivity index (χ2n) is 6.90. The maximum Gasteiger partial charge on any atom is 0.343 e. The number of methoxy groups -OCH3 is 1. The number of hydrogen-bond acceptors (Lipinski definition) is 6. The Bertz CT molecular complexity index is 1480. The molecule has 0 aliphatic carbocycles. The van der Waals surface area contributed by atoms with Gasteiger partial charge in [0.05, 0.1) is 29.0 Å². The fourth-order valence-corrected chi connectivity index (χ4v) is 4.95. The predicted molar refractivity (Wildman–Crippen MR) is 125 cm³/mol. The second-order valence-corrected chi connectivity index (χ2v) is 8.81. The van der Waals surface area contributed by atoms with Crippen molar-refractivity contribution in [3.63, 3.8) is 0 Å². The predicted octanol–water partition coefficient (Wildman–Crippen LogP) is 2.71. The highest BCUT2D eigenvalue weighted by Gasteiger charge is 2.34. The smallest absolute Gasteiger partial charge is 0.343 e. The van der Waals surface area contributed by atoms with Crippen LogP contribution in [0, 0.1) is 11.3 Å². The van der Waals surface area contributed by atoms with Crippen LogP contribution in [0.25, 0.3) is 11.6 Å². The van der Waals surface area contributed by atoms with E-state index in [4.69, 9.17) is 33.7 Å². The van der Waals surface area contributed by atoms with E-state index < -0.39 is 12.0 Å². The zero-order valence-electron chi connectivity index (χ0n) is 16.6. The van der Waals surface area contributed by atoms with Gasteiger partial charge in [0, 0.05) is 10.0 Å². The van der Waals surface area contributed by atoms with Crippen LogP contribution in [0.15, 0.2) is 64.6 Å². The Kier molecular flexibility index (Phi) is 5.94. The number of benzene rings is 2. The van der Waals surface area contributed by atoms with Gasteiger partial charge >= 0.3 is 5.97 Å². The fraction of sp³-hybridized carbons (Fsp3) is 0.0870. The molecule has 4 rings (SSSR count). The lowest BCUT2D eigenvalue weighted by atomic mass is 9.93. The van der Waals surface area contributed by atoms with Crippen molar-refractivity contribution in [3.8, 4) is 6.07 Å². The van der Waals surface area contributed by atoms with Gasteiger partial charge in [-0.15, -0.1) is 11.3 Å². The first-order chi connectivity index (χ1) is 15.3. The average molecular weight is 484 g/mol. The number of allylic oxidation sites excluding steroid dienone is 1. The van der Waals surface area contributed by atoms with Gasteiger partial charge in [0.2, 0.25) is 0 Å². The molecule has 1 aliphatic heterocycles. The summed E-state index contributed by atoms with van der Waals surface area (Å²) in [6.45, 7) is 0. The molecule has 0 radical (unpaired) electrons. The highest BCUT2D eigenvalue weighted by Crippen LogP contribution is 2.31. The zero-order valence-corrected chi connectivity index (χ0v) is 19.0. The van der Waals surface area contributed by atoms with Crippen molar-refractivity contribution >= 4 is 52.2 Å². The molecule has 160 valence electrons. The van der Waals surface area contributed by atoms with Crippen LogP contribution in [0.5, 0.6) is 0 Å². The van der Waals surface area contributed by atoms with Gasteiger partial charge in [-0.1, -0.05) is 47.5 Å². The summed E-state index contributed by atoms with van der Waals surface area (Å²) in [6.07, 6.45) is 1.70. The summed E-state index contributed by atoms with van der Waals surface area (Å²) in [4.78, 5) is 26.1. The van der Waals surface area contributed by atoms with Crippen molar-refractivity contribution in [1.82, 2.24) is 4.57 Å². The van der Waals surface area contributed by atoms with E-state index >= 15 is 0 Å². The van der Waals surface area contributed by atoms with Crippen molar-refractivity contribution in [1.29, 1.82) is 5.26 Å². The largest absolute Gasteiger partial charge is 0.465 e. The molecule has 9 heteroatoms. The van der Waals surface area contributed by atoms with Gasteiger partial charge in [-0.05, 0) is 41.5 Å². The molecular weight excluding hydrogens is 469 g/mol. The number of aromatic nitrogens is 1. The summed E-state index contributed by atoms with van der Waals surface area (Å²) in [6, 6.07) is 15.0. The Hall–Kier alpha value is -3.31. The number of rotatable bonds is 3. The van der Waals surface area contributed by atoms with Crippen LogP contribution in [-0.2, 0) is 9.53 Å². The molecule has 0 saturated carbocycles. The number of thiazole rings is 1. The van der Waals surface area contributed by atoms with Crippen molar-refractivity contribution < 1.29 is 9.53 Å². The van der Waals surface area contributed by atoms with E-state index in [1.807, 2.05) is 0 Å². The van der Waals surface area contributed by atoms with E-state index in [2.05, 4.69) is 6.07 Å². The van der Waals surface area contributed by atoms with E-state index in [0.29, 0.717) is 24.8 Å².